The van der Waals surface area contributed by atoms with E-state index < -0.39 is 0 Å². The molecule has 0 fully saturated rings. The molecule has 0 amide bonds. The van der Waals surface area contributed by atoms with Crippen LogP contribution < -0.4 is 0 Å². The number of hydrogen-bond donors (Lipinski definition) is 0. The van der Waals surface area contributed by atoms with Gasteiger partial charge in [-0.3, -0.25) is 0 Å². The zero-order valence-electron chi connectivity index (χ0n) is 26.1. The van der Waals surface area contributed by atoms with Crippen LogP contribution >= 0.6 is 0 Å². The summed E-state index contributed by atoms with van der Waals surface area (Å²) in [6.45, 7) is 0. The minimum absolute atomic E-state index is 0.625. The Labute approximate surface area is 279 Å². The van der Waals surface area contributed by atoms with Gasteiger partial charge in [0.1, 0.15) is 28.0 Å². The lowest BCUT2D eigenvalue weighted by Crippen LogP contribution is -1.95. The molecule has 0 atom stereocenters. The summed E-state index contributed by atoms with van der Waals surface area (Å²) in [5, 5.41) is 7.93. The highest BCUT2D eigenvalue weighted by Gasteiger charge is 2.22. The minimum Gasteiger partial charge on any atom is -0.456 e. The maximum absolute atomic E-state index is 6.49. The van der Waals surface area contributed by atoms with E-state index in [1.54, 1.807) is 0 Å². The summed E-state index contributed by atoms with van der Waals surface area (Å²) < 4.78 is 15.2. The van der Waals surface area contributed by atoms with Crippen LogP contribution in [0, 0.1) is 0 Å². The molecule has 0 saturated carbocycles. The van der Waals surface area contributed by atoms with Crippen LogP contribution in [0.1, 0.15) is 0 Å². The summed E-state index contributed by atoms with van der Waals surface area (Å²) in [5.41, 5.74) is 9.91. The van der Waals surface area contributed by atoms with Gasteiger partial charge in [-0.25, -0.2) is 9.97 Å². The van der Waals surface area contributed by atoms with Gasteiger partial charge in [0.25, 0.3) is 0 Å². The molecule has 11 rings (SSSR count). The molecule has 0 N–H and O–H groups in total. The average Bonchev–Trinajstić information content (AvgIpc) is 3.84. The van der Waals surface area contributed by atoms with Crippen molar-refractivity contribution in [2.45, 2.75) is 0 Å². The highest BCUT2D eigenvalue weighted by Crippen LogP contribution is 2.42. The molecule has 4 heterocycles. The van der Waals surface area contributed by atoms with E-state index in [4.69, 9.17) is 18.8 Å². The Hall–Kier alpha value is -6.72. The standard InChI is InChI=1S/C44H25N3O2/c1-2-12-27(13-3-1)41-43-42(31-16-7-9-19-36(31)49-43)46-44(45-41)32-17-10-20-38-40(32)33-25-28(22-24-37(33)48-38)47-34-18-8-6-15-30(34)39-29-14-5-4-11-26(29)21-23-35(39)47/h1-25H. The van der Waals surface area contributed by atoms with Crippen LogP contribution in [-0.2, 0) is 0 Å². The first-order valence-electron chi connectivity index (χ1n) is 16.4. The van der Waals surface area contributed by atoms with Crippen LogP contribution in [0.2, 0.25) is 0 Å². The summed E-state index contributed by atoms with van der Waals surface area (Å²) in [7, 11) is 0. The van der Waals surface area contributed by atoms with Gasteiger partial charge in [-0.2, -0.15) is 0 Å². The number of fused-ring (bicyclic) bond motifs is 11. The van der Waals surface area contributed by atoms with E-state index in [2.05, 4.69) is 108 Å². The first-order chi connectivity index (χ1) is 24.3. The third-order valence-electron chi connectivity index (χ3n) is 9.81. The molecule has 5 heteroatoms. The van der Waals surface area contributed by atoms with Gasteiger partial charge in [0.05, 0.1) is 11.0 Å². The van der Waals surface area contributed by atoms with E-state index in [0.717, 1.165) is 66.4 Å². The van der Waals surface area contributed by atoms with Crippen molar-refractivity contribution in [1.29, 1.82) is 0 Å². The molecule has 0 aliphatic heterocycles. The number of hydrogen-bond acceptors (Lipinski definition) is 4. The zero-order valence-corrected chi connectivity index (χ0v) is 26.1. The highest BCUT2D eigenvalue weighted by atomic mass is 16.3. The normalized spacial score (nSPS) is 12.1. The lowest BCUT2D eigenvalue weighted by molar-refractivity contribution is 0.667. The van der Waals surface area contributed by atoms with Gasteiger partial charge in [0.2, 0.25) is 0 Å². The van der Waals surface area contributed by atoms with Crippen LogP contribution in [0.3, 0.4) is 0 Å². The van der Waals surface area contributed by atoms with E-state index in [0.29, 0.717) is 11.4 Å². The van der Waals surface area contributed by atoms with Crippen molar-refractivity contribution in [2.24, 2.45) is 0 Å². The highest BCUT2D eigenvalue weighted by molar-refractivity contribution is 6.21. The lowest BCUT2D eigenvalue weighted by Gasteiger charge is -2.09. The fraction of sp³-hybridized carbons (Fsp3) is 0. The topological polar surface area (TPSA) is 57.0 Å². The predicted molar refractivity (Wildman–Crippen MR) is 199 cm³/mol. The van der Waals surface area contributed by atoms with Crippen LogP contribution in [0.25, 0.3) is 105 Å². The van der Waals surface area contributed by atoms with Crippen LogP contribution in [-0.4, -0.2) is 14.5 Å². The molecule has 0 radical (unpaired) electrons. The van der Waals surface area contributed by atoms with E-state index >= 15 is 0 Å². The third kappa shape index (κ3) is 3.75. The van der Waals surface area contributed by atoms with Crippen LogP contribution in [0.4, 0.5) is 0 Å². The summed E-state index contributed by atoms with van der Waals surface area (Å²) in [6, 6.07) is 52.6. The monoisotopic (exact) mass is 627 g/mol. The van der Waals surface area contributed by atoms with Gasteiger partial charge in [-0.1, -0.05) is 103 Å². The third-order valence-corrected chi connectivity index (χ3v) is 9.81. The van der Waals surface area contributed by atoms with E-state index in [9.17, 15) is 0 Å². The van der Waals surface area contributed by atoms with Crippen molar-refractivity contribution >= 4 is 76.6 Å². The largest absolute Gasteiger partial charge is 0.456 e. The van der Waals surface area contributed by atoms with Gasteiger partial charge in [-0.05, 0) is 59.3 Å². The van der Waals surface area contributed by atoms with Gasteiger partial charge in [-0.15, -0.1) is 0 Å². The van der Waals surface area contributed by atoms with Crippen molar-refractivity contribution in [3.63, 3.8) is 0 Å². The number of benzene rings is 7. The van der Waals surface area contributed by atoms with Gasteiger partial charge in [0, 0.05) is 43.7 Å². The summed E-state index contributed by atoms with van der Waals surface area (Å²) in [5.74, 6) is 0.625. The zero-order chi connectivity index (χ0) is 32.1. The molecule has 0 aliphatic carbocycles. The maximum atomic E-state index is 6.49. The second kappa shape index (κ2) is 9.89. The van der Waals surface area contributed by atoms with Crippen molar-refractivity contribution in [3.8, 4) is 28.3 Å². The second-order valence-electron chi connectivity index (χ2n) is 12.5. The Morgan fingerprint density at radius 1 is 0.469 bits per heavy atom. The first kappa shape index (κ1) is 26.4. The number of furan rings is 2. The summed E-state index contributed by atoms with van der Waals surface area (Å²) >= 11 is 0. The SMILES string of the molecule is c1ccc(-c2nc(-c3cccc4oc5ccc(-n6c7ccccc7c7c8ccccc8ccc76)cc5c34)nc3c2oc2ccccc23)cc1. The van der Waals surface area contributed by atoms with Gasteiger partial charge >= 0.3 is 0 Å². The Balaban J connectivity index is 1.20. The Morgan fingerprint density at radius 3 is 2.14 bits per heavy atom. The maximum Gasteiger partial charge on any atom is 0.180 e. The second-order valence-corrected chi connectivity index (χ2v) is 12.5. The molecule has 5 nitrogen and oxygen atoms in total. The van der Waals surface area contributed by atoms with E-state index in [1.165, 1.54) is 27.1 Å². The van der Waals surface area contributed by atoms with Crippen molar-refractivity contribution < 1.29 is 8.83 Å². The molecule has 11 aromatic rings. The van der Waals surface area contributed by atoms with Crippen molar-refractivity contribution in [1.82, 2.24) is 14.5 Å². The Bertz CT molecular complexity index is 3110. The number of para-hydroxylation sites is 2. The Kier molecular flexibility index (Phi) is 5.32. The fourth-order valence-corrected chi connectivity index (χ4v) is 7.66. The van der Waals surface area contributed by atoms with E-state index in [1.807, 2.05) is 48.5 Å². The number of nitrogens with zero attached hydrogens (tertiary/aromatic N) is 3. The van der Waals surface area contributed by atoms with Crippen molar-refractivity contribution in [2.75, 3.05) is 0 Å². The van der Waals surface area contributed by atoms with Crippen LogP contribution in [0.15, 0.2) is 160 Å². The van der Waals surface area contributed by atoms with Gasteiger partial charge < -0.3 is 13.4 Å². The molecule has 0 aliphatic rings. The van der Waals surface area contributed by atoms with Gasteiger partial charge in [0.15, 0.2) is 11.4 Å². The number of rotatable bonds is 3. The molecule has 0 bridgehead atoms. The smallest absolute Gasteiger partial charge is 0.180 e. The average molecular weight is 628 g/mol. The van der Waals surface area contributed by atoms with Crippen LogP contribution in [0.5, 0.6) is 0 Å². The molecule has 7 aromatic carbocycles. The first-order valence-corrected chi connectivity index (χ1v) is 16.4. The summed E-state index contributed by atoms with van der Waals surface area (Å²) in [4.78, 5) is 10.4. The molecule has 49 heavy (non-hydrogen) atoms. The fourth-order valence-electron chi connectivity index (χ4n) is 7.66. The quantitative estimate of drug-likeness (QED) is 0.196. The predicted octanol–water partition coefficient (Wildman–Crippen LogP) is 11.9. The minimum atomic E-state index is 0.625. The lowest BCUT2D eigenvalue weighted by atomic mass is 10.0. The van der Waals surface area contributed by atoms with Crippen molar-refractivity contribution in [3.05, 3.63) is 152 Å². The summed E-state index contributed by atoms with van der Waals surface area (Å²) in [6.07, 6.45) is 0. The molecule has 0 saturated heterocycles. The van der Waals surface area contributed by atoms with E-state index in [-0.39, 0.29) is 0 Å². The molecule has 0 unspecified atom stereocenters. The molecular formula is C44H25N3O2. The molecule has 4 aromatic heterocycles. The molecule has 228 valence electrons. The molecule has 0 spiro atoms. The number of aromatic nitrogens is 3. The molecular weight excluding hydrogens is 603 g/mol. The Morgan fingerprint density at radius 2 is 1.22 bits per heavy atom.